The number of nitrogens with one attached hydrogen (secondary N) is 1. The Bertz CT molecular complexity index is 435. The number of nitrogens with zero attached hydrogens (tertiary/aromatic N) is 3. The minimum Gasteiger partial charge on any atom is -0.358 e. The van der Waals surface area contributed by atoms with Crippen molar-refractivity contribution in [3.8, 4) is 0 Å². The number of nitro groups is 1. The molecule has 0 bridgehead atoms. The number of carbonyl (C=O) groups excluding carboxylic acids is 1. The molecule has 0 spiro atoms. The van der Waals surface area contributed by atoms with Gasteiger partial charge in [0.15, 0.2) is 0 Å². The molecular formula is C10H16N4O4. The molecule has 0 atom stereocenters. The summed E-state index contributed by atoms with van der Waals surface area (Å²) in [6.45, 7) is 5.74. The first-order valence-electron chi connectivity index (χ1n) is 5.41. The first-order valence-corrected chi connectivity index (χ1v) is 5.41. The van der Waals surface area contributed by atoms with E-state index < -0.39 is 10.5 Å². The maximum atomic E-state index is 11.4. The van der Waals surface area contributed by atoms with Gasteiger partial charge in [-0.1, -0.05) is 0 Å². The lowest BCUT2D eigenvalue weighted by Gasteiger charge is -2.18. The molecule has 1 aromatic rings. The zero-order valence-corrected chi connectivity index (χ0v) is 10.5. The topological polar surface area (TPSA) is 99.3 Å². The normalized spacial score (nSPS) is 11.3. The molecule has 18 heavy (non-hydrogen) atoms. The largest absolute Gasteiger partial charge is 0.381 e. The molecule has 0 fully saturated rings. The third kappa shape index (κ3) is 4.91. The predicted molar refractivity (Wildman–Crippen MR) is 62.5 cm³/mol. The minimum atomic E-state index is -0.584. The van der Waals surface area contributed by atoms with Crippen LogP contribution in [0, 0.1) is 10.1 Å². The van der Waals surface area contributed by atoms with E-state index in [1.807, 2.05) is 20.8 Å². The fraction of sp³-hybridized carbons (Fsp3) is 0.600. The minimum absolute atomic E-state index is 0.156. The van der Waals surface area contributed by atoms with Crippen LogP contribution in [0.4, 0.5) is 5.82 Å². The molecule has 8 nitrogen and oxygen atoms in total. The Labute approximate surface area is 104 Å². The molecule has 0 aliphatic heterocycles. The molecular weight excluding hydrogens is 240 g/mol. The monoisotopic (exact) mass is 256 g/mol. The first kappa shape index (κ1) is 14.1. The van der Waals surface area contributed by atoms with Gasteiger partial charge >= 0.3 is 5.82 Å². The number of imidazole rings is 1. The van der Waals surface area contributed by atoms with Crippen LogP contribution in [0.15, 0.2) is 12.5 Å². The molecule has 0 unspecified atom stereocenters. The number of aryl methyl sites for hydroxylation is 1. The summed E-state index contributed by atoms with van der Waals surface area (Å²) in [5, 5.41) is 10.4. The molecule has 1 rings (SSSR count). The van der Waals surface area contributed by atoms with Gasteiger partial charge in [-0.2, -0.15) is 0 Å². The van der Waals surface area contributed by atoms with Crippen LogP contribution >= 0.6 is 0 Å². The van der Waals surface area contributed by atoms with Gasteiger partial charge in [0.2, 0.25) is 12.2 Å². The second kappa shape index (κ2) is 5.58. The average molecular weight is 256 g/mol. The van der Waals surface area contributed by atoms with Gasteiger partial charge < -0.3 is 14.7 Å². The Morgan fingerprint density at radius 1 is 1.61 bits per heavy atom. The van der Waals surface area contributed by atoms with Gasteiger partial charge in [-0.3, -0.25) is 9.63 Å². The Balaban J connectivity index is 2.36. The fourth-order valence-electron chi connectivity index (χ4n) is 1.06. The highest BCUT2D eigenvalue weighted by molar-refractivity contribution is 5.74. The molecule has 0 aromatic carbocycles. The zero-order valence-electron chi connectivity index (χ0n) is 10.5. The van der Waals surface area contributed by atoms with Gasteiger partial charge in [0.25, 0.3) is 0 Å². The second-order valence-electron chi connectivity index (χ2n) is 4.72. The Kier molecular flexibility index (Phi) is 4.38. The van der Waals surface area contributed by atoms with Crippen molar-refractivity contribution >= 4 is 11.7 Å². The van der Waals surface area contributed by atoms with Crippen LogP contribution in [0.5, 0.6) is 0 Å². The summed E-state index contributed by atoms with van der Waals surface area (Å²) in [6.07, 6.45) is 2.75. The molecule has 8 heteroatoms. The predicted octanol–water partition coefficient (Wildman–Crippen LogP) is 1.03. The van der Waals surface area contributed by atoms with Crippen LogP contribution in [0.2, 0.25) is 0 Å². The van der Waals surface area contributed by atoms with Crippen molar-refractivity contribution in [2.24, 2.45) is 0 Å². The third-order valence-electron chi connectivity index (χ3n) is 1.87. The third-order valence-corrected chi connectivity index (χ3v) is 1.87. The number of hydrogen-bond donors (Lipinski definition) is 1. The molecule has 0 saturated heterocycles. The van der Waals surface area contributed by atoms with Crippen molar-refractivity contribution < 1.29 is 14.6 Å². The van der Waals surface area contributed by atoms with E-state index in [-0.39, 0.29) is 18.1 Å². The van der Waals surface area contributed by atoms with E-state index in [1.165, 1.54) is 17.1 Å². The maximum Gasteiger partial charge on any atom is 0.381 e. The van der Waals surface area contributed by atoms with E-state index in [0.29, 0.717) is 6.54 Å². The number of carbonyl (C=O) groups is 1. The van der Waals surface area contributed by atoms with Gasteiger partial charge in [0.1, 0.15) is 6.20 Å². The highest BCUT2D eigenvalue weighted by atomic mass is 16.7. The van der Waals surface area contributed by atoms with Crippen LogP contribution < -0.4 is 5.48 Å². The van der Waals surface area contributed by atoms with Gasteiger partial charge in [0, 0.05) is 13.0 Å². The van der Waals surface area contributed by atoms with Crippen molar-refractivity contribution in [1.29, 1.82) is 0 Å². The second-order valence-corrected chi connectivity index (χ2v) is 4.72. The van der Waals surface area contributed by atoms with Gasteiger partial charge in [-0.15, -0.1) is 0 Å². The average Bonchev–Trinajstić information content (AvgIpc) is 2.71. The summed E-state index contributed by atoms with van der Waals surface area (Å²) in [7, 11) is 0. The van der Waals surface area contributed by atoms with E-state index in [0.717, 1.165) is 0 Å². The van der Waals surface area contributed by atoms with Crippen LogP contribution in [0.25, 0.3) is 0 Å². The number of hydrogen-bond acceptors (Lipinski definition) is 5. The molecule has 1 amide bonds. The van der Waals surface area contributed by atoms with Crippen molar-refractivity contribution in [2.75, 3.05) is 0 Å². The van der Waals surface area contributed by atoms with E-state index in [2.05, 4.69) is 10.5 Å². The van der Waals surface area contributed by atoms with Gasteiger partial charge in [-0.25, -0.2) is 5.48 Å². The summed E-state index contributed by atoms with van der Waals surface area (Å²) < 4.78 is 1.48. The van der Waals surface area contributed by atoms with E-state index in [4.69, 9.17) is 4.84 Å². The van der Waals surface area contributed by atoms with Crippen molar-refractivity contribution in [1.82, 2.24) is 15.0 Å². The van der Waals surface area contributed by atoms with E-state index in [1.54, 1.807) is 0 Å². The summed E-state index contributed by atoms with van der Waals surface area (Å²) in [6, 6.07) is 0. The molecule has 100 valence electrons. The number of amides is 1. The van der Waals surface area contributed by atoms with Crippen LogP contribution in [-0.2, 0) is 16.2 Å². The SMILES string of the molecule is CC(C)(C)ONC(=O)CCn1cnc([N+](=O)[O-])c1. The Morgan fingerprint density at radius 3 is 2.78 bits per heavy atom. The maximum absolute atomic E-state index is 11.4. The lowest BCUT2D eigenvalue weighted by Crippen LogP contribution is -2.33. The highest BCUT2D eigenvalue weighted by Crippen LogP contribution is 2.06. The smallest absolute Gasteiger partial charge is 0.358 e. The van der Waals surface area contributed by atoms with Crippen LogP contribution in [0.3, 0.4) is 0 Å². The molecule has 0 radical (unpaired) electrons. The Morgan fingerprint density at radius 2 is 2.28 bits per heavy atom. The standard InChI is InChI=1S/C10H16N4O4/c1-10(2,3)18-12-9(15)4-5-13-6-8(11-7-13)14(16)17/h6-7H,4-5H2,1-3H3,(H,12,15). The molecule has 0 aliphatic carbocycles. The summed E-state index contributed by atoms with van der Waals surface area (Å²) >= 11 is 0. The highest BCUT2D eigenvalue weighted by Gasteiger charge is 2.14. The number of rotatable bonds is 5. The fourth-order valence-corrected chi connectivity index (χ4v) is 1.06. The lowest BCUT2D eigenvalue weighted by atomic mass is 10.2. The molecule has 0 saturated carbocycles. The first-order chi connectivity index (χ1) is 8.28. The van der Waals surface area contributed by atoms with Crippen LogP contribution in [0.1, 0.15) is 27.2 Å². The van der Waals surface area contributed by atoms with Crippen molar-refractivity contribution in [3.05, 3.63) is 22.6 Å². The van der Waals surface area contributed by atoms with Gasteiger partial charge in [0.05, 0.1) is 5.60 Å². The van der Waals surface area contributed by atoms with E-state index in [9.17, 15) is 14.9 Å². The Hall–Kier alpha value is -1.96. The molecule has 1 aromatic heterocycles. The molecule has 0 aliphatic rings. The summed E-state index contributed by atoms with van der Waals surface area (Å²) in [5.41, 5.74) is 1.86. The van der Waals surface area contributed by atoms with E-state index >= 15 is 0 Å². The number of aromatic nitrogens is 2. The zero-order chi connectivity index (χ0) is 13.8. The number of hydroxylamine groups is 1. The summed E-state index contributed by atoms with van der Waals surface area (Å²) in [5.74, 6) is -0.525. The van der Waals surface area contributed by atoms with Crippen molar-refractivity contribution in [2.45, 2.75) is 39.3 Å². The van der Waals surface area contributed by atoms with Crippen molar-refractivity contribution in [3.63, 3.8) is 0 Å². The van der Waals surface area contributed by atoms with Crippen LogP contribution in [-0.4, -0.2) is 26.0 Å². The summed E-state index contributed by atoms with van der Waals surface area (Å²) in [4.78, 5) is 29.9. The molecule has 1 heterocycles. The quantitative estimate of drug-likeness (QED) is 0.626. The molecule has 1 N–H and O–H groups in total. The van der Waals surface area contributed by atoms with Gasteiger partial charge in [-0.05, 0) is 30.7 Å². The lowest BCUT2D eigenvalue weighted by molar-refractivity contribution is -0.389.